The lowest BCUT2D eigenvalue weighted by atomic mass is 10.1. The van der Waals surface area contributed by atoms with Gasteiger partial charge >= 0.3 is 6.18 Å². The van der Waals surface area contributed by atoms with Crippen LogP contribution in [0.4, 0.5) is 18.9 Å². The number of hydrogen-bond acceptors (Lipinski definition) is 1. The summed E-state index contributed by atoms with van der Waals surface area (Å²) in [5.41, 5.74) is 1.06. The molecule has 3 rings (SSSR count). The van der Waals surface area contributed by atoms with Crippen molar-refractivity contribution >= 4 is 40.2 Å². The van der Waals surface area contributed by atoms with Crippen molar-refractivity contribution in [3.63, 3.8) is 0 Å². The first-order valence-electron chi connectivity index (χ1n) is 7.26. The molecule has 2 N–H and O–H groups in total. The third kappa shape index (κ3) is 4.03. The maximum atomic E-state index is 12.7. The predicted molar refractivity (Wildman–Crippen MR) is 92.4 cm³/mol. The van der Waals surface area contributed by atoms with Crippen LogP contribution in [-0.2, 0) is 11.0 Å². The molecule has 2 aromatic carbocycles. The molecule has 0 saturated carbocycles. The van der Waals surface area contributed by atoms with E-state index in [9.17, 15) is 18.0 Å². The number of amides is 1. The van der Waals surface area contributed by atoms with Crippen LogP contribution >= 0.6 is 11.6 Å². The third-order valence-electron chi connectivity index (χ3n) is 3.55. The standard InChI is InChI=1S/C18H12ClF3N2O/c19-15-9-11(1-4-14(15)18(20,21)22)2-6-17(25)24-13-3-5-16-12(10-13)7-8-23-16/h1-10,23H,(H,24,25). The van der Waals surface area contributed by atoms with Crippen LogP contribution in [0.25, 0.3) is 17.0 Å². The van der Waals surface area contributed by atoms with Crippen molar-refractivity contribution in [3.8, 4) is 0 Å². The number of carbonyl (C=O) groups is 1. The molecule has 0 aliphatic carbocycles. The van der Waals surface area contributed by atoms with Crippen molar-refractivity contribution in [2.45, 2.75) is 6.18 Å². The molecule has 25 heavy (non-hydrogen) atoms. The normalized spacial score (nSPS) is 12.0. The Bertz CT molecular complexity index is 960. The van der Waals surface area contributed by atoms with E-state index < -0.39 is 22.7 Å². The van der Waals surface area contributed by atoms with Gasteiger partial charge in [0.15, 0.2) is 0 Å². The fourth-order valence-corrected chi connectivity index (χ4v) is 2.65. The van der Waals surface area contributed by atoms with Gasteiger partial charge in [0.2, 0.25) is 5.91 Å². The predicted octanol–water partition coefficient (Wildman–Crippen LogP) is 5.49. The molecule has 1 amide bonds. The molecule has 0 radical (unpaired) electrons. The van der Waals surface area contributed by atoms with E-state index in [1.807, 2.05) is 18.2 Å². The Kier molecular flexibility index (Phi) is 4.55. The summed E-state index contributed by atoms with van der Waals surface area (Å²) in [6, 6.07) is 10.6. The molecule has 7 heteroatoms. The number of fused-ring (bicyclic) bond motifs is 1. The average Bonchev–Trinajstić information content (AvgIpc) is 2.99. The lowest BCUT2D eigenvalue weighted by Crippen LogP contribution is -2.07. The van der Waals surface area contributed by atoms with Gasteiger partial charge in [-0.05, 0) is 48.0 Å². The zero-order valence-electron chi connectivity index (χ0n) is 12.7. The van der Waals surface area contributed by atoms with Gasteiger partial charge in [0, 0.05) is 28.9 Å². The molecule has 0 bridgehead atoms. The van der Waals surface area contributed by atoms with Crippen LogP contribution in [0.15, 0.2) is 54.7 Å². The lowest BCUT2D eigenvalue weighted by Gasteiger charge is -2.09. The van der Waals surface area contributed by atoms with Gasteiger partial charge in [0.05, 0.1) is 10.6 Å². The lowest BCUT2D eigenvalue weighted by molar-refractivity contribution is -0.137. The Balaban J connectivity index is 1.70. The Labute approximate surface area is 146 Å². The van der Waals surface area contributed by atoms with E-state index in [0.29, 0.717) is 11.3 Å². The van der Waals surface area contributed by atoms with Crippen molar-refractivity contribution in [3.05, 3.63) is 70.9 Å². The summed E-state index contributed by atoms with van der Waals surface area (Å²) in [6.07, 6.45) is -0.0749. The summed E-state index contributed by atoms with van der Waals surface area (Å²) in [7, 11) is 0. The van der Waals surface area contributed by atoms with E-state index in [0.717, 1.165) is 17.0 Å². The van der Waals surface area contributed by atoms with Gasteiger partial charge < -0.3 is 10.3 Å². The van der Waals surface area contributed by atoms with Crippen LogP contribution in [0.2, 0.25) is 5.02 Å². The van der Waals surface area contributed by atoms with Crippen molar-refractivity contribution in [1.29, 1.82) is 0 Å². The Hall–Kier alpha value is -2.73. The minimum Gasteiger partial charge on any atom is -0.361 e. The molecule has 128 valence electrons. The summed E-state index contributed by atoms with van der Waals surface area (Å²) in [5, 5.41) is 3.24. The van der Waals surface area contributed by atoms with Crippen molar-refractivity contribution in [1.82, 2.24) is 4.98 Å². The van der Waals surface area contributed by atoms with Gasteiger partial charge in [-0.25, -0.2) is 0 Å². The van der Waals surface area contributed by atoms with Gasteiger partial charge in [-0.1, -0.05) is 17.7 Å². The molecule has 0 aliphatic heterocycles. The Morgan fingerprint density at radius 1 is 1.12 bits per heavy atom. The number of benzene rings is 2. The molecule has 0 unspecified atom stereocenters. The molecule has 1 heterocycles. The summed E-state index contributed by atoms with van der Waals surface area (Å²) < 4.78 is 38.0. The smallest absolute Gasteiger partial charge is 0.361 e. The van der Waals surface area contributed by atoms with Crippen molar-refractivity contribution < 1.29 is 18.0 Å². The first kappa shape index (κ1) is 17.1. The highest BCUT2D eigenvalue weighted by Crippen LogP contribution is 2.35. The molecular formula is C18H12ClF3N2O. The quantitative estimate of drug-likeness (QED) is 0.593. The van der Waals surface area contributed by atoms with E-state index in [1.54, 1.807) is 12.3 Å². The van der Waals surface area contributed by atoms with Crippen LogP contribution in [0.5, 0.6) is 0 Å². The first-order valence-corrected chi connectivity index (χ1v) is 7.64. The highest BCUT2D eigenvalue weighted by Gasteiger charge is 2.32. The second kappa shape index (κ2) is 6.64. The second-order valence-electron chi connectivity index (χ2n) is 5.34. The van der Waals surface area contributed by atoms with Crippen LogP contribution in [0, 0.1) is 0 Å². The molecule has 0 fully saturated rings. The number of hydrogen-bond donors (Lipinski definition) is 2. The molecule has 3 aromatic rings. The van der Waals surface area contributed by atoms with Crippen molar-refractivity contribution in [2.24, 2.45) is 0 Å². The number of H-pyrrole nitrogens is 1. The first-order chi connectivity index (χ1) is 11.8. The van der Waals surface area contributed by atoms with Gasteiger partial charge in [-0.2, -0.15) is 13.2 Å². The molecule has 0 saturated heterocycles. The number of aromatic amines is 1. The molecule has 0 atom stereocenters. The number of carbonyl (C=O) groups excluding carboxylic acids is 1. The number of halogens is 4. The zero-order valence-corrected chi connectivity index (χ0v) is 13.4. The molecule has 0 spiro atoms. The van der Waals surface area contributed by atoms with Crippen molar-refractivity contribution in [2.75, 3.05) is 5.32 Å². The van der Waals surface area contributed by atoms with Crippen LogP contribution < -0.4 is 5.32 Å². The largest absolute Gasteiger partial charge is 0.417 e. The van der Waals surface area contributed by atoms with E-state index in [2.05, 4.69) is 10.3 Å². The highest BCUT2D eigenvalue weighted by atomic mass is 35.5. The van der Waals surface area contributed by atoms with Crippen LogP contribution in [0.3, 0.4) is 0 Å². The molecule has 3 nitrogen and oxygen atoms in total. The van der Waals surface area contributed by atoms with E-state index in [-0.39, 0.29) is 0 Å². The fraction of sp³-hybridized carbons (Fsp3) is 0.0556. The molecular weight excluding hydrogens is 353 g/mol. The minimum absolute atomic E-state index is 0.397. The monoisotopic (exact) mass is 364 g/mol. The summed E-state index contributed by atoms with van der Waals surface area (Å²) >= 11 is 5.65. The van der Waals surface area contributed by atoms with E-state index in [4.69, 9.17) is 11.6 Å². The van der Waals surface area contributed by atoms with Gasteiger partial charge in [0.1, 0.15) is 0 Å². The summed E-state index contributed by atoms with van der Waals surface area (Å²) in [5.74, 6) is -0.397. The van der Waals surface area contributed by atoms with E-state index >= 15 is 0 Å². The summed E-state index contributed by atoms with van der Waals surface area (Å²) in [6.45, 7) is 0. The SMILES string of the molecule is O=C(C=Cc1ccc(C(F)(F)F)c(Cl)c1)Nc1ccc2[nH]ccc2c1. The highest BCUT2D eigenvalue weighted by molar-refractivity contribution is 6.31. The van der Waals surface area contributed by atoms with Crippen LogP contribution in [0.1, 0.15) is 11.1 Å². The number of nitrogens with one attached hydrogen (secondary N) is 2. The maximum Gasteiger partial charge on any atom is 0.417 e. The molecule has 1 aromatic heterocycles. The van der Waals surface area contributed by atoms with E-state index in [1.165, 1.54) is 24.3 Å². The second-order valence-corrected chi connectivity index (χ2v) is 5.75. The number of anilines is 1. The number of aromatic nitrogens is 1. The van der Waals surface area contributed by atoms with Gasteiger partial charge in [-0.3, -0.25) is 4.79 Å². The average molecular weight is 365 g/mol. The fourth-order valence-electron chi connectivity index (χ4n) is 2.35. The zero-order chi connectivity index (χ0) is 18.0. The summed E-state index contributed by atoms with van der Waals surface area (Å²) in [4.78, 5) is 15.0. The number of rotatable bonds is 3. The molecule has 0 aliphatic rings. The Morgan fingerprint density at radius 2 is 1.92 bits per heavy atom. The van der Waals surface area contributed by atoms with Gasteiger partial charge in [-0.15, -0.1) is 0 Å². The number of alkyl halides is 3. The van der Waals surface area contributed by atoms with Gasteiger partial charge in [0.25, 0.3) is 0 Å². The third-order valence-corrected chi connectivity index (χ3v) is 3.86. The minimum atomic E-state index is -4.51. The Morgan fingerprint density at radius 3 is 2.64 bits per heavy atom. The maximum absolute atomic E-state index is 12.7. The topological polar surface area (TPSA) is 44.9 Å². The van der Waals surface area contributed by atoms with Crippen LogP contribution in [-0.4, -0.2) is 10.9 Å².